The number of hydrogen-bond donors (Lipinski definition) is 1. The number of carbonyl (C=O) groups excluding carboxylic acids is 1. The molecule has 0 saturated heterocycles. The molecular formula is C25H39N3O3. The highest BCUT2D eigenvalue weighted by molar-refractivity contribution is 5.68. The number of ether oxygens (including phenoxy) is 1. The Balaban J connectivity index is 1.68. The molecule has 6 nitrogen and oxygen atoms in total. The second-order valence-corrected chi connectivity index (χ2v) is 9.24. The molecule has 0 aliphatic rings. The second-order valence-electron chi connectivity index (χ2n) is 9.24. The van der Waals surface area contributed by atoms with Gasteiger partial charge in [-0.25, -0.2) is 4.79 Å². The van der Waals surface area contributed by atoms with Crippen LogP contribution in [0.25, 0.3) is 11.4 Å². The van der Waals surface area contributed by atoms with Crippen LogP contribution in [0.3, 0.4) is 0 Å². The summed E-state index contributed by atoms with van der Waals surface area (Å²) in [7, 11) is 0. The van der Waals surface area contributed by atoms with Gasteiger partial charge in [-0.3, -0.25) is 0 Å². The Morgan fingerprint density at radius 1 is 0.968 bits per heavy atom. The van der Waals surface area contributed by atoms with E-state index in [2.05, 4.69) is 22.4 Å². The first kappa shape index (κ1) is 24.9. The van der Waals surface area contributed by atoms with Crippen molar-refractivity contribution in [3.8, 4) is 11.4 Å². The number of aryl methyl sites for hydroxylation is 1. The van der Waals surface area contributed by atoms with Gasteiger partial charge in [0.05, 0.1) is 0 Å². The zero-order valence-electron chi connectivity index (χ0n) is 19.7. The molecule has 0 aliphatic heterocycles. The number of alkyl carbamates (subject to hydrolysis) is 1. The SMILES string of the molecule is CCCCCCCCCCCc1nc(-c2ccc(COC(=O)NC(C)(C)C)cc2)no1. The molecule has 31 heavy (non-hydrogen) atoms. The quantitative estimate of drug-likeness (QED) is 0.353. The van der Waals surface area contributed by atoms with E-state index in [1.807, 2.05) is 45.0 Å². The maximum atomic E-state index is 11.8. The first-order chi connectivity index (χ1) is 14.9. The fourth-order valence-corrected chi connectivity index (χ4v) is 3.30. The summed E-state index contributed by atoms with van der Waals surface area (Å²) >= 11 is 0. The van der Waals surface area contributed by atoms with Gasteiger partial charge in [0.1, 0.15) is 6.61 Å². The fraction of sp³-hybridized carbons (Fsp3) is 0.640. The van der Waals surface area contributed by atoms with E-state index in [0.29, 0.717) is 11.7 Å². The van der Waals surface area contributed by atoms with Crippen LogP contribution in [-0.4, -0.2) is 21.8 Å². The average Bonchev–Trinajstić information content (AvgIpc) is 3.19. The number of hydrogen-bond acceptors (Lipinski definition) is 5. The topological polar surface area (TPSA) is 77.2 Å². The molecule has 2 aromatic rings. The van der Waals surface area contributed by atoms with Gasteiger partial charge in [0, 0.05) is 17.5 Å². The zero-order valence-corrected chi connectivity index (χ0v) is 19.7. The Morgan fingerprint density at radius 2 is 1.58 bits per heavy atom. The number of amides is 1. The van der Waals surface area contributed by atoms with Crippen molar-refractivity contribution in [1.82, 2.24) is 15.5 Å². The van der Waals surface area contributed by atoms with E-state index < -0.39 is 6.09 Å². The highest BCUT2D eigenvalue weighted by Gasteiger charge is 2.14. The first-order valence-electron chi connectivity index (χ1n) is 11.7. The fourth-order valence-electron chi connectivity index (χ4n) is 3.30. The van der Waals surface area contributed by atoms with Gasteiger partial charge in [0.15, 0.2) is 0 Å². The summed E-state index contributed by atoms with van der Waals surface area (Å²) < 4.78 is 10.7. The monoisotopic (exact) mass is 429 g/mol. The van der Waals surface area contributed by atoms with Gasteiger partial charge in [-0.2, -0.15) is 4.98 Å². The van der Waals surface area contributed by atoms with Crippen LogP contribution in [0, 0.1) is 0 Å². The van der Waals surface area contributed by atoms with Crippen LogP contribution in [0.1, 0.15) is 96.9 Å². The third kappa shape index (κ3) is 10.5. The molecule has 1 amide bonds. The van der Waals surface area contributed by atoms with Gasteiger partial charge in [-0.1, -0.05) is 87.7 Å². The second kappa shape index (κ2) is 13.1. The van der Waals surface area contributed by atoms with E-state index in [4.69, 9.17) is 9.26 Å². The highest BCUT2D eigenvalue weighted by atomic mass is 16.5. The minimum absolute atomic E-state index is 0.221. The summed E-state index contributed by atoms with van der Waals surface area (Å²) in [5, 5.41) is 6.88. The lowest BCUT2D eigenvalue weighted by atomic mass is 10.1. The van der Waals surface area contributed by atoms with Gasteiger partial charge in [0.2, 0.25) is 11.7 Å². The van der Waals surface area contributed by atoms with E-state index in [0.717, 1.165) is 24.0 Å². The minimum Gasteiger partial charge on any atom is -0.445 e. The molecular weight excluding hydrogens is 390 g/mol. The number of rotatable bonds is 13. The summed E-state index contributed by atoms with van der Waals surface area (Å²) in [5.74, 6) is 1.30. The molecule has 0 spiro atoms. The molecule has 6 heteroatoms. The molecule has 1 aromatic carbocycles. The molecule has 0 aliphatic carbocycles. The summed E-state index contributed by atoms with van der Waals surface area (Å²) in [6.45, 7) is 8.22. The molecule has 1 N–H and O–H groups in total. The third-order valence-corrected chi connectivity index (χ3v) is 5.02. The highest BCUT2D eigenvalue weighted by Crippen LogP contribution is 2.18. The van der Waals surface area contributed by atoms with Crippen molar-refractivity contribution in [3.63, 3.8) is 0 Å². The van der Waals surface area contributed by atoms with Crippen LogP contribution in [0.5, 0.6) is 0 Å². The third-order valence-electron chi connectivity index (χ3n) is 5.02. The summed E-state index contributed by atoms with van der Waals surface area (Å²) in [4.78, 5) is 16.3. The number of aromatic nitrogens is 2. The van der Waals surface area contributed by atoms with E-state index in [1.165, 1.54) is 51.4 Å². The van der Waals surface area contributed by atoms with E-state index in [9.17, 15) is 4.79 Å². The molecule has 0 saturated carbocycles. The molecule has 0 unspecified atom stereocenters. The lowest BCUT2D eigenvalue weighted by Crippen LogP contribution is -2.40. The Labute approximate surface area is 187 Å². The van der Waals surface area contributed by atoms with Crippen molar-refractivity contribution >= 4 is 6.09 Å². The summed E-state index contributed by atoms with van der Waals surface area (Å²) in [5.41, 5.74) is 1.49. The van der Waals surface area contributed by atoms with Crippen molar-refractivity contribution in [2.75, 3.05) is 0 Å². The van der Waals surface area contributed by atoms with Crippen molar-refractivity contribution in [2.24, 2.45) is 0 Å². The Bertz CT molecular complexity index is 763. The predicted molar refractivity (Wildman–Crippen MR) is 124 cm³/mol. The van der Waals surface area contributed by atoms with E-state index in [-0.39, 0.29) is 12.1 Å². The number of nitrogens with one attached hydrogen (secondary N) is 1. The molecule has 0 fully saturated rings. The molecule has 1 aromatic heterocycles. The maximum Gasteiger partial charge on any atom is 0.407 e. The zero-order chi connectivity index (χ0) is 22.5. The minimum atomic E-state index is -0.420. The smallest absolute Gasteiger partial charge is 0.407 e. The molecule has 0 atom stereocenters. The lowest BCUT2D eigenvalue weighted by Gasteiger charge is -2.19. The molecule has 172 valence electrons. The largest absolute Gasteiger partial charge is 0.445 e. The van der Waals surface area contributed by atoms with Crippen LogP contribution < -0.4 is 5.32 Å². The van der Waals surface area contributed by atoms with Crippen molar-refractivity contribution in [1.29, 1.82) is 0 Å². The Kier molecular flexibility index (Phi) is 10.5. The van der Waals surface area contributed by atoms with Gasteiger partial charge in [-0.05, 0) is 32.8 Å². The molecule has 0 bridgehead atoms. The van der Waals surface area contributed by atoms with E-state index in [1.54, 1.807) is 0 Å². The van der Waals surface area contributed by atoms with Crippen LogP contribution in [0.2, 0.25) is 0 Å². The van der Waals surface area contributed by atoms with Crippen LogP contribution in [0.15, 0.2) is 28.8 Å². The van der Waals surface area contributed by atoms with Crippen LogP contribution >= 0.6 is 0 Å². The van der Waals surface area contributed by atoms with Gasteiger partial charge in [0.25, 0.3) is 0 Å². The first-order valence-corrected chi connectivity index (χ1v) is 11.7. The van der Waals surface area contributed by atoms with Crippen molar-refractivity contribution in [2.45, 2.75) is 104 Å². The Hall–Kier alpha value is -2.37. The maximum absolute atomic E-state index is 11.8. The number of carbonyl (C=O) groups is 1. The molecule has 2 rings (SSSR count). The Morgan fingerprint density at radius 3 is 2.19 bits per heavy atom. The molecule has 0 radical (unpaired) electrons. The van der Waals surface area contributed by atoms with Gasteiger partial charge < -0.3 is 14.6 Å². The summed E-state index contributed by atoms with van der Waals surface area (Å²) in [6, 6.07) is 7.67. The van der Waals surface area contributed by atoms with Crippen LogP contribution in [-0.2, 0) is 17.8 Å². The van der Waals surface area contributed by atoms with Crippen molar-refractivity contribution in [3.05, 3.63) is 35.7 Å². The number of nitrogens with zero attached hydrogens (tertiary/aromatic N) is 2. The van der Waals surface area contributed by atoms with Gasteiger partial charge in [-0.15, -0.1) is 0 Å². The van der Waals surface area contributed by atoms with Gasteiger partial charge >= 0.3 is 6.09 Å². The summed E-state index contributed by atoms with van der Waals surface area (Å²) in [6.07, 6.45) is 12.1. The lowest BCUT2D eigenvalue weighted by molar-refractivity contribution is 0.131. The predicted octanol–water partition coefficient (Wildman–Crippen LogP) is 6.83. The number of unbranched alkanes of at least 4 members (excludes halogenated alkanes) is 8. The average molecular weight is 430 g/mol. The standard InChI is InChI=1S/C25H39N3O3/c1-5-6-7-8-9-10-11-12-13-14-22-26-23(28-31-22)21-17-15-20(16-18-21)19-30-24(29)27-25(2,3)4/h15-18H,5-14,19H2,1-4H3,(H,27,29). The normalized spacial score (nSPS) is 11.5. The number of benzene rings is 1. The van der Waals surface area contributed by atoms with Crippen molar-refractivity contribution < 1.29 is 14.1 Å². The molecule has 1 heterocycles. The van der Waals surface area contributed by atoms with Crippen LogP contribution in [0.4, 0.5) is 4.79 Å². The van der Waals surface area contributed by atoms with E-state index >= 15 is 0 Å².